The van der Waals surface area contributed by atoms with Gasteiger partial charge in [-0.25, -0.2) is 0 Å². The topological polar surface area (TPSA) is 71.8 Å². The van der Waals surface area contributed by atoms with E-state index in [0.29, 0.717) is 23.8 Å². The molecule has 1 rings (SSSR count). The summed E-state index contributed by atoms with van der Waals surface area (Å²) in [6.07, 6.45) is 4.31. The molecule has 0 atom stereocenters. The first-order valence-corrected chi connectivity index (χ1v) is 8.85. The molecule has 0 bridgehead atoms. The highest BCUT2D eigenvalue weighted by atomic mass is 14.8. The van der Waals surface area contributed by atoms with Crippen molar-refractivity contribution < 1.29 is 0 Å². The average Bonchev–Trinajstić information content (AvgIpc) is 2.56. The van der Waals surface area contributed by atoms with Crippen LogP contribution in [0.3, 0.4) is 0 Å². The van der Waals surface area contributed by atoms with E-state index in [2.05, 4.69) is 43.5 Å². The maximum absolute atomic E-state index is 8.78. The molecule has 4 nitrogen and oxygen atoms in total. The Labute approximate surface area is 152 Å². The molecule has 4 N–H and O–H groups in total. The van der Waals surface area contributed by atoms with Gasteiger partial charge in [0.2, 0.25) is 0 Å². The molecule has 0 aliphatic carbocycles. The van der Waals surface area contributed by atoms with Crippen LogP contribution in [0.4, 0.5) is 0 Å². The standard InChI is InChI=1S/C21H32N4/c1-7-25-13-17(16(5)22)11-18(12-24-6)21(23)19-9-8-15(4)10-20(19)14(2)3/h8-10,12-14,22-25H,7,11H2,1-6H3/b17-13-,18-12-,22-16?,23-21?. The van der Waals surface area contributed by atoms with Crippen LogP contribution in [0.5, 0.6) is 0 Å². The van der Waals surface area contributed by atoms with E-state index in [9.17, 15) is 0 Å². The zero-order valence-corrected chi connectivity index (χ0v) is 16.4. The van der Waals surface area contributed by atoms with Crippen LogP contribution < -0.4 is 10.6 Å². The van der Waals surface area contributed by atoms with Gasteiger partial charge in [0, 0.05) is 43.7 Å². The second-order valence-corrected chi connectivity index (χ2v) is 6.61. The van der Waals surface area contributed by atoms with Gasteiger partial charge in [0.15, 0.2) is 0 Å². The Kier molecular flexibility index (Phi) is 8.12. The highest BCUT2D eigenvalue weighted by Gasteiger charge is 2.16. The maximum atomic E-state index is 8.78. The zero-order valence-electron chi connectivity index (χ0n) is 16.4. The van der Waals surface area contributed by atoms with Crippen LogP contribution in [0, 0.1) is 17.7 Å². The van der Waals surface area contributed by atoms with Crippen molar-refractivity contribution in [3.8, 4) is 0 Å². The van der Waals surface area contributed by atoms with E-state index in [1.54, 1.807) is 6.92 Å². The Balaban J connectivity index is 3.26. The van der Waals surface area contributed by atoms with Crippen molar-refractivity contribution in [1.82, 2.24) is 10.6 Å². The van der Waals surface area contributed by atoms with Crippen LogP contribution in [0.25, 0.3) is 0 Å². The second-order valence-electron chi connectivity index (χ2n) is 6.61. The number of rotatable bonds is 9. The first-order valence-electron chi connectivity index (χ1n) is 8.85. The number of aryl methyl sites for hydroxylation is 1. The molecule has 136 valence electrons. The number of benzene rings is 1. The Morgan fingerprint density at radius 3 is 2.36 bits per heavy atom. The van der Waals surface area contributed by atoms with Crippen molar-refractivity contribution in [2.75, 3.05) is 13.6 Å². The van der Waals surface area contributed by atoms with Gasteiger partial charge in [-0.1, -0.05) is 37.6 Å². The van der Waals surface area contributed by atoms with Gasteiger partial charge in [0.25, 0.3) is 0 Å². The lowest BCUT2D eigenvalue weighted by atomic mass is 9.88. The number of allylic oxidation sites excluding steroid dienone is 2. The predicted molar refractivity (Wildman–Crippen MR) is 109 cm³/mol. The van der Waals surface area contributed by atoms with Crippen LogP contribution in [0.2, 0.25) is 0 Å². The van der Waals surface area contributed by atoms with Crippen LogP contribution in [0.1, 0.15) is 56.7 Å². The third-order valence-electron chi connectivity index (χ3n) is 4.08. The molecule has 0 radical (unpaired) electrons. The van der Waals surface area contributed by atoms with Gasteiger partial charge in [-0.15, -0.1) is 0 Å². The summed E-state index contributed by atoms with van der Waals surface area (Å²) in [7, 11) is 1.84. The minimum Gasteiger partial charge on any atom is -0.394 e. The van der Waals surface area contributed by atoms with Crippen LogP contribution in [0.15, 0.2) is 41.7 Å². The fourth-order valence-electron chi connectivity index (χ4n) is 2.67. The first kappa shape index (κ1) is 20.7. The van der Waals surface area contributed by atoms with Crippen LogP contribution in [-0.4, -0.2) is 25.0 Å². The van der Waals surface area contributed by atoms with Crippen LogP contribution >= 0.6 is 0 Å². The molecule has 0 unspecified atom stereocenters. The molecule has 4 heteroatoms. The van der Waals surface area contributed by atoms with Gasteiger partial charge in [-0.3, -0.25) is 5.41 Å². The van der Waals surface area contributed by atoms with Crippen LogP contribution in [-0.2, 0) is 0 Å². The number of nitrogens with one attached hydrogen (secondary N) is 4. The van der Waals surface area contributed by atoms with E-state index in [1.807, 2.05) is 32.4 Å². The van der Waals surface area contributed by atoms with Crippen molar-refractivity contribution >= 4 is 11.4 Å². The molecule has 25 heavy (non-hydrogen) atoms. The van der Waals surface area contributed by atoms with Crippen molar-refractivity contribution in [3.63, 3.8) is 0 Å². The third kappa shape index (κ3) is 5.89. The molecule has 0 aliphatic rings. The SMILES string of the molecule is CCN/C=C(/C/C(=C/NC)C(=N)c1ccc(C)cc1C(C)C)C(C)=N. The molecule has 0 saturated carbocycles. The Morgan fingerprint density at radius 1 is 1.16 bits per heavy atom. The van der Waals surface area contributed by atoms with E-state index in [0.717, 1.165) is 23.3 Å². The minimum atomic E-state index is 0.354. The van der Waals surface area contributed by atoms with Gasteiger partial charge in [0.05, 0.1) is 5.71 Å². The second kappa shape index (κ2) is 9.82. The molecule has 0 saturated heterocycles. The van der Waals surface area contributed by atoms with E-state index in [4.69, 9.17) is 10.8 Å². The zero-order chi connectivity index (χ0) is 19.0. The Hall–Kier alpha value is -2.36. The largest absolute Gasteiger partial charge is 0.394 e. The lowest BCUT2D eigenvalue weighted by Gasteiger charge is -2.18. The van der Waals surface area contributed by atoms with Crippen molar-refractivity contribution in [1.29, 1.82) is 10.8 Å². The highest BCUT2D eigenvalue weighted by molar-refractivity contribution is 6.12. The quantitative estimate of drug-likeness (QED) is 0.499. The predicted octanol–water partition coefficient (Wildman–Crippen LogP) is 4.51. The monoisotopic (exact) mass is 340 g/mol. The normalized spacial score (nSPS) is 12.3. The average molecular weight is 341 g/mol. The molecule has 0 aromatic heterocycles. The Bertz CT molecular complexity index is 681. The van der Waals surface area contributed by atoms with Gasteiger partial charge < -0.3 is 16.0 Å². The van der Waals surface area contributed by atoms with Gasteiger partial charge in [-0.05, 0) is 43.4 Å². The lowest BCUT2D eigenvalue weighted by molar-refractivity contribution is 0.861. The fourth-order valence-corrected chi connectivity index (χ4v) is 2.67. The smallest absolute Gasteiger partial charge is 0.0664 e. The molecule has 0 amide bonds. The molecular weight excluding hydrogens is 308 g/mol. The summed E-state index contributed by atoms with van der Waals surface area (Å²) in [5, 5.41) is 23.0. The Morgan fingerprint density at radius 2 is 1.84 bits per heavy atom. The maximum Gasteiger partial charge on any atom is 0.0664 e. The molecule has 0 heterocycles. The van der Waals surface area contributed by atoms with E-state index in [-0.39, 0.29) is 0 Å². The van der Waals surface area contributed by atoms with Gasteiger partial charge >= 0.3 is 0 Å². The van der Waals surface area contributed by atoms with Gasteiger partial charge in [0.1, 0.15) is 0 Å². The lowest BCUT2D eigenvalue weighted by Crippen LogP contribution is -2.15. The molecule has 0 fully saturated rings. The molecule has 1 aromatic rings. The summed E-state index contributed by atoms with van der Waals surface area (Å²) in [6.45, 7) is 11.0. The summed E-state index contributed by atoms with van der Waals surface area (Å²) in [6, 6.07) is 6.27. The third-order valence-corrected chi connectivity index (χ3v) is 4.08. The van der Waals surface area contributed by atoms with Gasteiger partial charge in [-0.2, -0.15) is 0 Å². The van der Waals surface area contributed by atoms with E-state index < -0.39 is 0 Å². The van der Waals surface area contributed by atoms with E-state index >= 15 is 0 Å². The van der Waals surface area contributed by atoms with Crippen molar-refractivity contribution in [2.45, 2.75) is 47.0 Å². The summed E-state index contributed by atoms with van der Waals surface area (Å²) in [5.41, 5.74) is 6.17. The fraction of sp³-hybridized carbons (Fsp3) is 0.429. The van der Waals surface area contributed by atoms with Crippen molar-refractivity contribution in [3.05, 3.63) is 58.4 Å². The minimum absolute atomic E-state index is 0.354. The number of hydrogen-bond acceptors (Lipinski definition) is 4. The highest BCUT2D eigenvalue weighted by Crippen LogP contribution is 2.25. The number of hydrogen-bond donors (Lipinski definition) is 4. The summed E-state index contributed by atoms with van der Waals surface area (Å²) >= 11 is 0. The first-order chi connectivity index (χ1) is 11.8. The molecule has 1 aromatic carbocycles. The molecule has 0 aliphatic heterocycles. The summed E-state index contributed by atoms with van der Waals surface area (Å²) in [5.74, 6) is 0.354. The molecule has 0 spiro atoms. The summed E-state index contributed by atoms with van der Waals surface area (Å²) < 4.78 is 0. The summed E-state index contributed by atoms with van der Waals surface area (Å²) in [4.78, 5) is 0. The van der Waals surface area contributed by atoms with Crippen molar-refractivity contribution in [2.24, 2.45) is 0 Å². The van der Waals surface area contributed by atoms with E-state index in [1.165, 1.54) is 11.1 Å². The molecular formula is C21H32N4.